The zero-order valence-electron chi connectivity index (χ0n) is 12.9. The molecule has 1 unspecified atom stereocenters. The quantitative estimate of drug-likeness (QED) is 0.855. The molecule has 0 spiro atoms. The standard InChI is InChI=1S/C17H18N2O4/c1-11(23-15-5-3-4-14(10-15)22-2)17(21)19-13-8-6-12(7-9-13)16(18)20/h3-11H,1-2H3,(H2,18,20)(H,19,21). The highest BCUT2D eigenvalue weighted by Crippen LogP contribution is 2.20. The summed E-state index contributed by atoms with van der Waals surface area (Å²) in [5.41, 5.74) is 6.10. The highest BCUT2D eigenvalue weighted by Gasteiger charge is 2.15. The van der Waals surface area contributed by atoms with Gasteiger partial charge in [-0.2, -0.15) is 0 Å². The van der Waals surface area contributed by atoms with Crippen LogP contribution in [0.25, 0.3) is 0 Å². The Labute approximate surface area is 134 Å². The van der Waals surface area contributed by atoms with Gasteiger partial charge < -0.3 is 20.5 Å². The van der Waals surface area contributed by atoms with Crippen molar-refractivity contribution in [3.63, 3.8) is 0 Å². The Kier molecular flexibility index (Phi) is 5.19. The summed E-state index contributed by atoms with van der Waals surface area (Å²) in [5.74, 6) is 0.366. The highest BCUT2D eigenvalue weighted by molar-refractivity contribution is 5.96. The number of rotatable bonds is 6. The van der Waals surface area contributed by atoms with Gasteiger partial charge in [-0.15, -0.1) is 0 Å². The van der Waals surface area contributed by atoms with E-state index < -0.39 is 12.0 Å². The number of hydrogen-bond acceptors (Lipinski definition) is 4. The molecule has 0 aliphatic heterocycles. The van der Waals surface area contributed by atoms with Crippen LogP contribution >= 0.6 is 0 Å². The molecule has 0 saturated carbocycles. The minimum atomic E-state index is -0.696. The lowest BCUT2D eigenvalue weighted by molar-refractivity contribution is -0.122. The van der Waals surface area contributed by atoms with Gasteiger partial charge in [-0.3, -0.25) is 9.59 Å². The van der Waals surface area contributed by atoms with Gasteiger partial charge in [-0.05, 0) is 43.3 Å². The van der Waals surface area contributed by atoms with Crippen LogP contribution in [0.1, 0.15) is 17.3 Å². The molecule has 6 heteroatoms. The fourth-order valence-corrected chi connectivity index (χ4v) is 1.89. The van der Waals surface area contributed by atoms with Crippen LogP contribution in [-0.4, -0.2) is 25.0 Å². The van der Waals surface area contributed by atoms with Crippen LogP contribution in [0.2, 0.25) is 0 Å². The van der Waals surface area contributed by atoms with Gasteiger partial charge in [0.15, 0.2) is 6.10 Å². The van der Waals surface area contributed by atoms with Gasteiger partial charge in [0.1, 0.15) is 11.5 Å². The molecule has 2 rings (SSSR count). The van der Waals surface area contributed by atoms with Crippen molar-refractivity contribution < 1.29 is 19.1 Å². The number of nitrogens with two attached hydrogens (primary N) is 1. The van der Waals surface area contributed by atoms with Gasteiger partial charge in [0.2, 0.25) is 5.91 Å². The van der Waals surface area contributed by atoms with Crippen molar-refractivity contribution >= 4 is 17.5 Å². The average Bonchev–Trinajstić information content (AvgIpc) is 2.55. The van der Waals surface area contributed by atoms with Crippen LogP contribution in [0.4, 0.5) is 5.69 Å². The van der Waals surface area contributed by atoms with Crippen LogP contribution in [0.15, 0.2) is 48.5 Å². The molecule has 0 radical (unpaired) electrons. The number of amides is 2. The molecule has 0 saturated heterocycles. The molecule has 120 valence electrons. The smallest absolute Gasteiger partial charge is 0.265 e. The first kappa shape index (κ1) is 16.4. The predicted molar refractivity (Wildman–Crippen MR) is 86.7 cm³/mol. The van der Waals surface area contributed by atoms with Gasteiger partial charge in [0, 0.05) is 17.3 Å². The van der Waals surface area contributed by atoms with Gasteiger partial charge in [0.05, 0.1) is 7.11 Å². The molecule has 3 N–H and O–H groups in total. The zero-order chi connectivity index (χ0) is 16.8. The normalized spacial score (nSPS) is 11.4. The van der Waals surface area contributed by atoms with E-state index in [0.717, 1.165) is 0 Å². The van der Waals surface area contributed by atoms with Crippen LogP contribution in [0.3, 0.4) is 0 Å². The fourth-order valence-electron chi connectivity index (χ4n) is 1.89. The van der Waals surface area contributed by atoms with Gasteiger partial charge in [0.25, 0.3) is 5.91 Å². The monoisotopic (exact) mass is 314 g/mol. The summed E-state index contributed by atoms with van der Waals surface area (Å²) in [6.07, 6.45) is -0.696. The number of benzene rings is 2. The van der Waals surface area contributed by atoms with Gasteiger partial charge >= 0.3 is 0 Å². The van der Waals surface area contributed by atoms with Crippen LogP contribution < -0.4 is 20.5 Å². The van der Waals surface area contributed by atoms with E-state index in [1.54, 1.807) is 62.6 Å². The number of anilines is 1. The van der Waals surface area contributed by atoms with Crippen molar-refractivity contribution in [3.8, 4) is 11.5 Å². The maximum Gasteiger partial charge on any atom is 0.265 e. The van der Waals surface area contributed by atoms with E-state index in [-0.39, 0.29) is 5.91 Å². The molecule has 0 bridgehead atoms. The average molecular weight is 314 g/mol. The fraction of sp³-hybridized carbons (Fsp3) is 0.176. The third-order valence-electron chi connectivity index (χ3n) is 3.16. The maximum atomic E-state index is 12.1. The molecule has 1 atom stereocenters. The maximum absolute atomic E-state index is 12.1. The summed E-state index contributed by atoms with van der Waals surface area (Å²) >= 11 is 0. The summed E-state index contributed by atoms with van der Waals surface area (Å²) in [4.78, 5) is 23.1. The topological polar surface area (TPSA) is 90.7 Å². The second-order valence-corrected chi connectivity index (χ2v) is 4.87. The van der Waals surface area contributed by atoms with E-state index in [1.807, 2.05) is 0 Å². The second-order valence-electron chi connectivity index (χ2n) is 4.87. The molecule has 0 fully saturated rings. The largest absolute Gasteiger partial charge is 0.497 e. The van der Waals surface area contributed by atoms with Crippen molar-refractivity contribution in [1.82, 2.24) is 0 Å². The van der Waals surface area contributed by atoms with E-state index in [4.69, 9.17) is 15.2 Å². The lowest BCUT2D eigenvalue weighted by atomic mass is 10.2. The van der Waals surface area contributed by atoms with E-state index in [0.29, 0.717) is 22.7 Å². The van der Waals surface area contributed by atoms with Crippen molar-refractivity contribution in [2.75, 3.05) is 12.4 Å². The van der Waals surface area contributed by atoms with Crippen molar-refractivity contribution in [1.29, 1.82) is 0 Å². The first-order valence-corrected chi connectivity index (χ1v) is 7.01. The number of hydrogen-bond donors (Lipinski definition) is 2. The summed E-state index contributed by atoms with van der Waals surface area (Å²) in [6, 6.07) is 13.3. The Hall–Kier alpha value is -3.02. The minimum Gasteiger partial charge on any atom is -0.497 e. The first-order valence-electron chi connectivity index (χ1n) is 7.01. The van der Waals surface area contributed by atoms with Crippen molar-refractivity contribution in [2.24, 2.45) is 5.73 Å². The number of primary amides is 1. The SMILES string of the molecule is COc1cccc(OC(C)C(=O)Nc2ccc(C(N)=O)cc2)c1. The third-order valence-corrected chi connectivity index (χ3v) is 3.16. The Morgan fingerprint density at radius 2 is 1.74 bits per heavy atom. The molecule has 23 heavy (non-hydrogen) atoms. The van der Waals surface area contributed by atoms with E-state index >= 15 is 0 Å². The van der Waals surface area contributed by atoms with Crippen LogP contribution in [0.5, 0.6) is 11.5 Å². The first-order chi connectivity index (χ1) is 11.0. The molecular formula is C17H18N2O4. The number of ether oxygens (including phenoxy) is 2. The molecule has 2 amide bonds. The summed E-state index contributed by atoms with van der Waals surface area (Å²) in [6.45, 7) is 1.65. The molecule has 0 aliphatic rings. The number of carbonyl (C=O) groups is 2. The Bertz CT molecular complexity index is 698. The lowest BCUT2D eigenvalue weighted by Crippen LogP contribution is -2.30. The lowest BCUT2D eigenvalue weighted by Gasteiger charge is -2.15. The number of carbonyl (C=O) groups excluding carboxylic acids is 2. The van der Waals surface area contributed by atoms with Crippen LogP contribution in [-0.2, 0) is 4.79 Å². The molecule has 2 aromatic carbocycles. The van der Waals surface area contributed by atoms with E-state index in [1.165, 1.54) is 0 Å². The van der Waals surface area contributed by atoms with E-state index in [9.17, 15) is 9.59 Å². The molecule has 0 aliphatic carbocycles. The van der Waals surface area contributed by atoms with Crippen molar-refractivity contribution in [3.05, 3.63) is 54.1 Å². The summed E-state index contributed by atoms with van der Waals surface area (Å²) in [5, 5.41) is 2.71. The van der Waals surface area contributed by atoms with Crippen LogP contribution in [0, 0.1) is 0 Å². The van der Waals surface area contributed by atoms with E-state index in [2.05, 4.69) is 5.32 Å². The molecule has 0 heterocycles. The third kappa shape index (κ3) is 4.47. The summed E-state index contributed by atoms with van der Waals surface area (Å²) < 4.78 is 10.7. The predicted octanol–water partition coefficient (Wildman–Crippen LogP) is 2.20. The minimum absolute atomic E-state index is 0.306. The Morgan fingerprint density at radius 1 is 1.09 bits per heavy atom. The highest BCUT2D eigenvalue weighted by atomic mass is 16.5. The Morgan fingerprint density at radius 3 is 2.35 bits per heavy atom. The number of nitrogens with one attached hydrogen (secondary N) is 1. The van der Waals surface area contributed by atoms with Gasteiger partial charge in [-0.25, -0.2) is 0 Å². The Balaban J connectivity index is 1.97. The molecule has 6 nitrogen and oxygen atoms in total. The number of methoxy groups -OCH3 is 1. The molecular weight excluding hydrogens is 296 g/mol. The second kappa shape index (κ2) is 7.31. The zero-order valence-corrected chi connectivity index (χ0v) is 12.9. The van der Waals surface area contributed by atoms with Crippen molar-refractivity contribution in [2.45, 2.75) is 13.0 Å². The molecule has 2 aromatic rings. The molecule has 0 aromatic heterocycles. The summed E-state index contributed by atoms with van der Waals surface area (Å²) in [7, 11) is 1.56. The van der Waals surface area contributed by atoms with Gasteiger partial charge in [-0.1, -0.05) is 6.07 Å².